The second-order valence-electron chi connectivity index (χ2n) is 23.6. The Hall–Kier alpha value is -1.53. The van der Waals surface area contributed by atoms with Crippen molar-refractivity contribution < 1.29 is 64.6 Å². The summed E-state index contributed by atoms with van der Waals surface area (Å²) >= 11 is 0. The van der Waals surface area contributed by atoms with Gasteiger partial charge in [-0.05, 0) is 32.1 Å². The van der Waals surface area contributed by atoms with Crippen LogP contribution in [0.15, 0.2) is 24.3 Å². The predicted octanol–water partition coefficient (Wildman–Crippen LogP) is 12.4. The van der Waals surface area contributed by atoms with Gasteiger partial charge < -0.3 is 65.1 Å². The summed E-state index contributed by atoms with van der Waals surface area (Å²) in [7, 11) is 0. The highest BCUT2D eigenvalue weighted by Crippen LogP contribution is 2.30. The van der Waals surface area contributed by atoms with Gasteiger partial charge >= 0.3 is 0 Å². The molecule has 79 heavy (non-hydrogen) atoms. The molecule has 0 bridgehead atoms. The average molecular weight is 1130 g/mol. The molecule has 2 rings (SSSR count). The Morgan fingerprint density at radius 3 is 1.24 bits per heavy atom. The number of aliphatic hydroxyl groups excluding tert-OH is 8. The Morgan fingerprint density at radius 2 is 0.810 bits per heavy atom. The van der Waals surface area contributed by atoms with Gasteiger partial charge in [-0.3, -0.25) is 4.79 Å². The summed E-state index contributed by atoms with van der Waals surface area (Å²) in [5, 5.41) is 87.2. The van der Waals surface area contributed by atoms with Gasteiger partial charge in [0.1, 0.15) is 48.8 Å². The van der Waals surface area contributed by atoms with Gasteiger partial charge in [-0.2, -0.15) is 0 Å². The van der Waals surface area contributed by atoms with Crippen molar-refractivity contribution in [2.45, 2.75) is 364 Å². The monoisotopic (exact) mass is 1130 g/mol. The number of carbonyl (C=O) groups excluding carboxylic acids is 1. The van der Waals surface area contributed by atoms with Crippen LogP contribution < -0.4 is 5.32 Å². The Balaban J connectivity index is 1.68. The molecule has 0 spiro atoms. The van der Waals surface area contributed by atoms with Crippen LogP contribution in [0.1, 0.15) is 290 Å². The summed E-state index contributed by atoms with van der Waals surface area (Å²) in [5.41, 5.74) is 0. The maximum absolute atomic E-state index is 13.2. The third-order valence-electron chi connectivity index (χ3n) is 16.4. The molecule has 0 aromatic rings. The molecular formula is C65H123NO13. The van der Waals surface area contributed by atoms with Crippen molar-refractivity contribution in [2.75, 3.05) is 19.8 Å². The molecule has 12 atom stereocenters. The van der Waals surface area contributed by atoms with E-state index in [9.17, 15) is 45.6 Å². The first-order chi connectivity index (χ1) is 38.6. The molecule has 12 unspecified atom stereocenters. The summed E-state index contributed by atoms with van der Waals surface area (Å²) in [6.45, 7) is 2.81. The first kappa shape index (κ1) is 73.6. The molecule has 0 radical (unpaired) electrons. The van der Waals surface area contributed by atoms with Crippen LogP contribution in [0.3, 0.4) is 0 Å². The molecule has 9 N–H and O–H groups in total. The minimum atomic E-state index is -1.79. The fraction of sp³-hybridized carbons (Fsp3) is 0.923. The van der Waals surface area contributed by atoms with Gasteiger partial charge in [0.2, 0.25) is 5.91 Å². The summed E-state index contributed by atoms with van der Waals surface area (Å²) in [6.07, 6.45) is 45.3. The number of allylic oxidation sites excluding steroid dienone is 3. The lowest BCUT2D eigenvalue weighted by atomic mass is 9.97. The zero-order chi connectivity index (χ0) is 57.4. The number of carbonyl (C=O) groups is 1. The Kier molecular flexibility index (Phi) is 47.4. The van der Waals surface area contributed by atoms with Crippen molar-refractivity contribution in [3.8, 4) is 0 Å². The number of rotatable bonds is 54. The lowest BCUT2D eigenvalue weighted by Gasteiger charge is -2.46. The summed E-state index contributed by atoms with van der Waals surface area (Å²) in [5.74, 6) is -0.245. The Morgan fingerprint density at radius 1 is 0.443 bits per heavy atom. The molecule has 0 aliphatic carbocycles. The summed E-state index contributed by atoms with van der Waals surface area (Å²) in [4.78, 5) is 13.2. The van der Waals surface area contributed by atoms with Crippen LogP contribution in [0, 0.1) is 0 Å². The largest absolute Gasteiger partial charge is 0.394 e. The molecule has 0 aromatic heterocycles. The molecule has 14 heteroatoms. The van der Waals surface area contributed by atoms with Crippen molar-refractivity contribution >= 4 is 5.91 Å². The van der Waals surface area contributed by atoms with Crippen LogP contribution in [0.5, 0.6) is 0 Å². The van der Waals surface area contributed by atoms with E-state index in [-0.39, 0.29) is 18.9 Å². The molecule has 2 aliphatic heterocycles. The van der Waals surface area contributed by atoms with E-state index in [1.54, 1.807) is 6.08 Å². The van der Waals surface area contributed by atoms with Gasteiger partial charge in [0.05, 0.1) is 32.0 Å². The second kappa shape index (κ2) is 50.9. The third kappa shape index (κ3) is 36.0. The zero-order valence-corrected chi connectivity index (χ0v) is 50.4. The van der Waals surface area contributed by atoms with Crippen molar-refractivity contribution in [1.29, 1.82) is 0 Å². The number of nitrogens with one attached hydrogen (secondary N) is 1. The summed E-state index contributed by atoms with van der Waals surface area (Å²) in [6, 6.07) is -0.928. The zero-order valence-electron chi connectivity index (χ0n) is 50.4. The maximum Gasteiger partial charge on any atom is 0.220 e. The minimum Gasteiger partial charge on any atom is -0.394 e. The van der Waals surface area contributed by atoms with E-state index in [1.165, 1.54) is 225 Å². The van der Waals surface area contributed by atoms with Crippen LogP contribution in [-0.4, -0.2) is 140 Å². The van der Waals surface area contributed by atoms with E-state index < -0.39 is 86.8 Å². The molecule has 0 saturated carbocycles. The molecule has 1 amide bonds. The molecule has 2 saturated heterocycles. The second-order valence-corrected chi connectivity index (χ2v) is 23.6. The van der Waals surface area contributed by atoms with E-state index >= 15 is 0 Å². The van der Waals surface area contributed by atoms with Crippen molar-refractivity contribution in [1.82, 2.24) is 5.32 Å². The van der Waals surface area contributed by atoms with Crippen LogP contribution in [0.4, 0.5) is 0 Å². The van der Waals surface area contributed by atoms with Crippen LogP contribution >= 0.6 is 0 Å². The normalized spacial score (nSPS) is 24.5. The van der Waals surface area contributed by atoms with Crippen molar-refractivity contribution in [3.05, 3.63) is 24.3 Å². The van der Waals surface area contributed by atoms with Gasteiger partial charge in [0.15, 0.2) is 12.6 Å². The SMILES string of the molecule is CCCCCCCCCCCCCCCCCCCCCCCCCCC/C=C/CC/C=C/C(O)C(COC1OC(CO)C(OC2OC(CO)C(O)C(O)C2O)C(O)C1O)NC(=O)CCCCCCCCCCCCCCCC. The molecule has 466 valence electrons. The molecule has 14 nitrogen and oxygen atoms in total. The highest BCUT2D eigenvalue weighted by molar-refractivity contribution is 5.76. The van der Waals surface area contributed by atoms with Crippen molar-refractivity contribution in [3.63, 3.8) is 0 Å². The number of hydrogen-bond acceptors (Lipinski definition) is 13. The molecular weight excluding hydrogens is 1000 g/mol. The quantitative estimate of drug-likeness (QED) is 0.0204. The molecule has 2 fully saturated rings. The first-order valence-corrected chi connectivity index (χ1v) is 33.1. The van der Waals surface area contributed by atoms with Crippen LogP contribution in [-0.2, 0) is 23.7 Å². The number of unbranched alkanes of at least 4 members (excludes halogenated alkanes) is 39. The maximum atomic E-state index is 13.2. The number of amides is 1. The number of ether oxygens (including phenoxy) is 4. The fourth-order valence-corrected chi connectivity index (χ4v) is 11.1. The fourth-order valence-electron chi connectivity index (χ4n) is 11.1. The lowest BCUT2D eigenvalue weighted by Crippen LogP contribution is -2.65. The lowest BCUT2D eigenvalue weighted by molar-refractivity contribution is -0.359. The van der Waals surface area contributed by atoms with Gasteiger partial charge in [0, 0.05) is 6.42 Å². The smallest absolute Gasteiger partial charge is 0.220 e. The van der Waals surface area contributed by atoms with E-state index in [0.29, 0.717) is 12.8 Å². The topological polar surface area (TPSA) is 228 Å². The van der Waals surface area contributed by atoms with Gasteiger partial charge in [-0.1, -0.05) is 276 Å². The van der Waals surface area contributed by atoms with E-state index in [2.05, 4.69) is 31.3 Å². The van der Waals surface area contributed by atoms with E-state index in [1.807, 2.05) is 6.08 Å². The minimum absolute atomic E-state index is 0.245. The van der Waals surface area contributed by atoms with Crippen molar-refractivity contribution in [2.24, 2.45) is 0 Å². The molecule has 2 heterocycles. The van der Waals surface area contributed by atoms with Crippen LogP contribution in [0.2, 0.25) is 0 Å². The third-order valence-corrected chi connectivity index (χ3v) is 16.4. The van der Waals surface area contributed by atoms with Gasteiger partial charge in [0.25, 0.3) is 0 Å². The highest BCUT2D eigenvalue weighted by Gasteiger charge is 2.51. The van der Waals surface area contributed by atoms with Gasteiger partial charge in [-0.15, -0.1) is 0 Å². The molecule has 0 aromatic carbocycles. The first-order valence-electron chi connectivity index (χ1n) is 33.1. The average Bonchev–Trinajstić information content (AvgIpc) is 3.54. The Bertz CT molecular complexity index is 1420. The molecule has 2 aliphatic rings. The number of hydrogen-bond donors (Lipinski definition) is 9. The number of aliphatic hydroxyl groups is 8. The van der Waals surface area contributed by atoms with Gasteiger partial charge in [-0.25, -0.2) is 0 Å². The van der Waals surface area contributed by atoms with E-state index in [4.69, 9.17) is 18.9 Å². The predicted molar refractivity (Wildman–Crippen MR) is 318 cm³/mol. The Labute approximate surface area is 481 Å². The highest BCUT2D eigenvalue weighted by atomic mass is 16.7. The van der Waals surface area contributed by atoms with Crippen LogP contribution in [0.25, 0.3) is 0 Å². The van der Waals surface area contributed by atoms with E-state index in [0.717, 1.165) is 32.1 Å². The summed E-state index contributed by atoms with van der Waals surface area (Å²) < 4.78 is 22.8. The standard InChI is InChI=1S/C65H123NO13/c1-3-5-7-9-11-13-15-17-19-20-21-22-23-24-25-26-27-28-29-30-31-32-33-34-35-36-38-40-42-44-46-48-54(69)53(66-57(70)49-47-45-43-41-39-37-18-16-14-12-10-8-6-4-2)52-76-64-62(75)60(73)63(56(51-68)78-64)79-65-61(74)59(72)58(71)55(50-67)77-65/h38,40,46,48,53-56,58-65,67-69,71-75H,3-37,39,41-45,47,49-52H2,1-2H3,(H,66,70)/b40-38+,48-46+.